The van der Waals surface area contributed by atoms with Gasteiger partial charge in [0.2, 0.25) is 5.78 Å². The Balaban J connectivity index is 2.49. The molecule has 0 aliphatic heterocycles. The fourth-order valence-electron chi connectivity index (χ4n) is 1.96. The van der Waals surface area contributed by atoms with Crippen molar-refractivity contribution < 1.29 is 9.59 Å². The molecule has 0 atom stereocenters. The van der Waals surface area contributed by atoms with E-state index in [9.17, 15) is 9.59 Å². The maximum Gasteiger partial charge on any atom is 0.209 e. The van der Waals surface area contributed by atoms with E-state index in [2.05, 4.69) is 0 Å². The zero-order valence-corrected chi connectivity index (χ0v) is 10.9. The number of hydrogen-bond donors (Lipinski definition) is 0. The minimum atomic E-state index is -0.111. The van der Waals surface area contributed by atoms with E-state index in [-0.39, 0.29) is 5.78 Å². The molecule has 1 aromatic heterocycles. The lowest BCUT2D eigenvalue weighted by molar-refractivity contribution is 0.103. The van der Waals surface area contributed by atoms with Gasteiger partial charge in [0.05, 0.1) is 11.4 Å². The highest BCUT2D eigenvalue weighted by Gasteiger charge is 2.17. The Hall–Kier alpha value is -1.87. The van der Waals surface area contributed by atoms with E-state index in [0.29, 0.717) is 22.0 Å². The number of aryl methyl sites for hydroxylation is 1. The number of ketones is 1. The predicted octanol–water partition coefficient (Wildman–Crippen LogP) is 3.03. The van der Waals surface area contributed by atoms with Crippen LogP contribution in [0.25, 0.3) is 0 Å². The Morgan fingerprint density at radius 2 is 1.89 bits per heavy atom. The highest BCUT2D eigenvalue weighted by molar-refractivity contribution is 6.30. The molecule has 2 rings (SSSR count). The third-order valence-electron chi connectivity index (χ3n) is 2.90. The minimum Gasteiger partial charge on any atom is -0.339 e. The molecule has 0 amide bonds. The van der Waals surface area contributed by atoms with Crippen LogP contribution in [0.1, 0.15) is 32.1 Å². The van der Waals surface area contributed by atoms with Gasteiger partial charge in [0, 0.05) is 17.6 Å². The second-order valence-corrected chi connectivity index (χ2v) is 4.55. The topological polar surface area (TPSA) is 39.1 Å². The molecule has 4 heteroatoms. The average Bonchev–Trinajstić information content (AvgIpc) is 2.64. The van der Waals surface area contributed by atoms with Gasteiger partial charge in [0.15, 0.2) is 6.29 Å². The number of aldehydes is 1. The molecule has 92 valence electrons. The van der Waals surface area contributed by atoms with Crippen LogP contribution in [0.4, 0.5) is 0 Å². The first kappa shape index (κ1) is 12.6. The van der Waals surface area contributed by atoms with Gasteiger partial charge in [-0.3, -0.25) is 9.59 Å². The van der Waals surface area contributed by atoms with Crippen LogP contribution >= 0.6 is 11.6 Å². The summed E-state index contributed by atoms with van der Waals surface area (Å²) in [6.07, 6.45) is 0.742. The summed E-state index contributed by atoms with van der Waals surface area (Å²) in [4.78, 5) is 23.2. The first-order chi connectivity index (χ1) is 8.54. The number of benzene rings is 1. The number of rotatable bonds is 3. The smallest absolute Gasteiger partial charge is 0.209 e. The number of hydrogen-bond acceptors (Lipinski definition) is 2. The lowest BCUT2D eigenvalue weighted by Crippen LogP contribution is -2.10. The number of aromatic nitrogens is 1. The summed E-state index contributed by atoms with van der Waals surface area (Å²) in [5.41, 5.74) is 2.37. The predicted molar refractivity (Wildman–Crippen MR) is 70.4 cm³/mol. The van der Waals surface area contributed by atoms with E-state index in [1.54, 1.807) is 41.9 Å². The Bertz CT molecular complexity index is 611. The normalized spacial score (nSPS) is 10.4. The summed E-state index contributed by atoms with van der Waals surface area (Å²) in [5.74, 6) is -0.111. The number of nitrogens with zero attached hydrogens (tertiary/aromatic N) is 1. The average molecular weight is 262 g/mol. The van der Waals surface area contributed by atoms with Crippen LogP contribution in [0.3, 0.4) is 0 Å². The molecule has 0 saturated carbocycles. The van der Waals surface area contributed by atoms with Crippen LogP contribution in [-0.2, 0) is 7.05 Å². The van der Waals surface area contributed by atoms with Crippen molar-refractivity contribution in [3.8, 4) is 0 Å². The highest BCUT2D eigenvalue weighted by Crippen LogP contribution is 2.18. The van der Waals surface area contributed by atoms with E-state index in [0.717, 1.165) is 11.8 Å². The fourth-order valence-corrected chi connectivity index (χ4v) is 2.09. The van der Waals surface area contributed by atoms with Crippen molar-refractivity contribution in [1.82, 2.24) is 4.57 Å². The first-order valence-corrected chi connectivity index (χ1v) is 5.84. The van der Waals surface area contributed by atoms with Gasteiger partial charge in [0.1, 0.15) is 0 Å². The van der Waals surface area contributed by atoms with Crippen LogP contribution in [0, 0.1) is 6.92 Å². The van der Waals surface area contributed by atoms with Crippen molar-refractivity contribution in [3.05, 3.63) is 57.9 Å². The van der Waals surface area contributed by atoms with Crippen LogP contribution in [0.5, 0.6) is 0 Å². The maximum atomic E-state index is 12.3. The SMILES string of the molecule is Cc1cc(C=O)n(C)c1C(=O)c1ccc(Cl)cc1. The van der Waals surface area contributed by atoms with Gasteiger partial charge in [-0.2, -0.15) is 0 Å². The maximum absolute atomic E-state index is 12.3. The summed E-state index contributed by atoms with van der Waals surface area (Å²) in [6.45, 7) is 1.82. The van der Waals surface area contributed by atoms with Gasteiger partial charge in [0.25, 0.3) is 0 Å². The summed E-state index contributed by atoms with van der Waals surface area (Å²) < 4.78 is 1.61. The summed E-state index contributed by atoms with van der Waals surface area (Å²) in [5, 5.41) is 0.587. The van der Waals surface area contributed by atoms with E-state index in [1.807, 2.05) is 6.92 Å². The van der Waals surface area contributed by atoms with Gasteiger partial charge in [-0.25, -0.2) is 0 Å². The zero-order valence-electron chi connectivity index (χ0n) is 10.1. The van der Waals surface area contributed by atoms with Crippen molar-refractivity contribution >= 4 is 23.7 Å². The Labute approximate surface area is 110 Å². The number of carbonyl (C=O) groups is 2. The molecule has 0 aliphatic rings. The molecule has 0 unspecified atom stereocenters. The quantitative estimate of drug-likeness (QED) is 0.629. The molecule has 0 aliphatic carbocycles. The molecule has 0 fully saturated rings. The van der Waals surface area contributed by atoms with Gasteiger partial charge in [-0.15, -0.1) is 0 Å². The summed E-state index contributed by atoms with van der Waals surface area (Å²) >= 11 is 5.79. The van der Waals surface area contributed by atoms with E-state index >= 15 is 0 Å². The first-order valence-electron chi connectivity index (χ1n) is 5.46. The fraction of sp³-hybridized carbons (Fsp3) is 0.143. The van der Waals surface area contributed by atoms with Crippen LogP contribution in [-0.4, -0.2) is 16.6 Å². The largest absolute Gasteiger partial charge is 0.339 e. The number of carbonyl (C=O) groups excluding carboxylic acids is 2. The van der Waals surface area contributed by atoms with Crippen molar-refractivity contribution in [3.63, 3.8) is 0 Å². The highest BCUT2D eigenvalue weighted by atomic mass is 35.5. The zero-order chi connectivity index (χ0) is 13.3. The van der Waals surface area contributed by atoms with Gasteiger partial charge in [-0.1, -0.05) is 11.6 Å². The number of halogens is 1. The lowest BCUT2D eigenvalue weighted by atomic mass is 10.1. The molecular formula is C14H12ClNO2. The van der Waals surface area contributed by atoms with E-state index < -0.39 is 0 Å². The second-order valence-electron chi connectivity index (χ2n) is 4.11. The molecule has 18 heavy (non-hydrogen) atoms. The van der Waals surface area contributed by atoms with Gasteiger partial charge >= 0.3 is 0 Å². The van der Waals surface area contributed by atoms with Crippen molar-refractivity contribution in [1.29, 1.82) is 0 Å². The van der Waals surface area contributed by atoms with Crippen molar-refractivity contribution in [2.24, 2.45) is 7.05 Å². The molecule has 3 nitrogen and oxygen atoms in total. The summed E-state index contributed by atoms with van der Waals surface area (Å²) in [7, 11) is 1.71. The molecule has 1 aromatic carbocycles. The van der Waals surface area contributed by atoms with Crippen molar-refractivity contribution in [2.45, 2.75) is 6.92 Å². The van der Waals surface area contributed by atoms with Crippen molar-refractivity contribution in [2.75, 3.05) is 0 Å². The Morgan fingerprint density at radius 1 is 1.28 bits per heavy atom. The molecular weight excluding hydrogens is 250 g/mol. The molecule has 0 N–H and O–H groups in total. The third-order valence-corrected chi connectivity index (χ3v) is 3.15. The molecule has 0 saturated heterocycles. The minimum absolute atomic E-state index is 0.111. The van der Waals surface area contributed by atoms with E-state index in [4.69, 9.17) is 11.6 Å². The monoisotopic (exact) mass is 261 g/mol. The Morgan fingerprint density at radius 3 is 2.39 bits per heavy atom. The van der Waals surface area contributed by atoms with Gasteiger partial charge in [-0.05, 0) is 42.8 Å². The lowest BCUT2D eigenvalue weighted by Gasteiger charge is -2.05. The molecule has 0 bridgehead atoms. The van der Waals surface area contributed by atoms with E-state index in [1.165, 1.54) is 0 Å². The van der Waals surface area contributed by atoms with Gasteiger partial charge < -0.3 is 4.57 Å². The van der Waals surface area contributed by atoms with Crippen LogP contribution < -0.4 is 0 Å². The Kier molecular flexibility index (Phi) is 3.34. The van der Waals surface area contributed by atoms with Crippen LogP contribution in [0.2, 0.25) is 5.02 Å². The van der Waals surface area contributed by atoms with Crippen LogP contribution in [0.15, 0.2) is 30.3 Å². The molecule has 0 radical (unpaired) electrons. The summed E-state index contributed by atoms with van der Waals surface area (Å²) in [6, 6.07) is 8.41. The molecule has 1 heterocycles. The molecule has 0 spiro atoms. The molecule has 2 aromatic rings. The standard InChI is InChI=1S/C14H12ClNO2/c1-9-7-12(8-17)16(2)13(9)14(18)10-3-5-11(15)6-4-10/h3-8H,1-2H3. The third kappa shape index (κ3) is 2.09. The second kappa shape index (κ2) is 4.78.